The Morgan fingerprint density at radius 3 is 2.33 bits per heavy atom. The fourth-order valence-electron chi connectivity index (χ4n) is 2.51. The van der Waals surface area contributed by atoms with Crippen LogP contribution in [0.5, 0.6) is 0 Å². The van der Waals surface area contributed by atoms with Crippen molar-refractivity contribution in [3.8, 4) is 0 Å². The first kappa shape index (κ1) is 15.6. The molecule has 0 bridgehead atoms. The van der Waals surface area contributed by atoms with Crippen molar-refractivity contribution in [3.05, 3.63) is 65.7 Å². The van der Waals surface area contributed by atoms with Crippen molar-refractivity contribution in [2.24, 2.45) is 5.41 Å². The van der Waals surface area contributed by atoms with E-state index in [1.54, 1.807) is 0 Å². The number of hydrogen-bond acceptors (Lipinski definition) is 2. The summed E-state index contributed by atoms with van der Waals surface area (Å²) in [5.41, 5.74) is 3.52. The molecule has 0 saturated heterocycles. The van der Waals surface area contributed by atoms with Crippen molar-refractivity contribution in [1.82, 2.24) is 0 Å². The molecule has 2 heteroatoms. The van der Waals surface area contributed by atoms with Gasteiger partial charge in [-0.3, -0.25) is 0 Å². The smallest absolute Gasteiger partial charge is 0.0682 e. The average molecular weight is 283 g/mol. The van der Waals surface area contributed by atoms with Gasteiger partial charge < -0.3 is 10.4 Å². The minimum atomic E-state index is 0.0742. The van der Waals surface area contributed by atoms with Crippen LogP contribution < -0.4 is 5.32 Å². The number of aliphatic hydroxyl groups is 1. The van der Waals surface area contributed by atoms with Crippen molar-refractivity contribution in [2.75, 3.05) is 5.32 Å². The van der Waals surface area contributed by atoms with Crippen LogP contribution in [0.15, 0.2) is 54.6 Å². The van der Waals surface area contributed by atoms with E-state index < -0.39 is 0 Å². The van der Waals surface area contributed by atoms with Crippen LogP contribution in [0.2, 0.25) is 0 Å². The maximum Gasteiger partial charge on any atom is 0.0682 e. The summed E-state index contributed by atoms with van der Waals surface area (Å²) in [5, 5.41) is 12.9. The molecule has 2 rings (SSSR count). The highest BCUT2D eigenvalue weighted by Crippen LogP contribution is 2.32. The molecule has 0 fully saturated rings. The summed E-state index contributed by atoms with van der Waals surface area (Å²) in [7, 11) is 0. The Labute approximate surface area is 127 Å². The second-order valence-electron chi connectivity index (χ2n) is 6.73. The highest BCUT2D eigenvalue weighted by Gasteiger charge is 2.20. The van der Waals surface area contributed by atoms with Crippen molar-refractivity contribution in [2.45, 2.75) is 39.8 Å². The zero-order valence-electron chi connectivity index (χ0n) is 13.1. The van der Waals surface area contributed by atoms with Crippen LogP contribution in [0, 0.1) is 5.41 Å². The van der Waals surface area contributed by atoms with Gasteiger partial charge in [-0.05, 0) is 35.1 Å². The lowest BCUT2D eigenvalue weighted by molar-refractivity contribution is 0.282. The van der Waals surface area contributed by atoms with E-state index in [1.165, 1.54) is 5.56 Å². The summed E-state index contributed by atoms with van der Waals surface area (Å²) in [6, 6.07) is 18.8. The maximum atomic E-state index is 9.27. The van der Waals surface area contributed by atoms with E-state index in [4.69, 9.17) is 0 Å². The van der Waals surface area contributed by atoms with E-state index in [-0.39, 0.29) is 18.1 Å². The summed E-state index contributed by atoms with van der Waals surface area (Å²) in [4.78, 5) is 0. The number of rotatable bonds is 5. The molecule has 0 aliphatic carbocycles. The lowest BCUT2D eigenvalue weighted by atomic mass is 9.85. The molecule has 112 valence electrons. The van der Waals surface area contributed by atoms with E-state index in [0.29, 0.717) is 0 Å². The quantitative estimate of drug-likeness (QED) is 0.828. The van der Waals surface area contributed by atoms with Gasteiger partial charge in [-0.1, -0.05) is 63.2 Å². The highest BCUT2D eigenvalue weighted by atomic mass is 16.3. The first-order chi connectivity index (χ1) is 9.98. The predicted molar refractivity (Wildman–Crippen MR) is 89.2 cm³/mol. The van der Waals surface area contributed by atoms with E-state index in [2.05, 4.69) is 56.4 Å². The minimum absolute atomic E-state index is 0.0742. The van der Waals surface area contributed by atoms with Gasteiger partial charge in [0, 0.05) is 5.69 Å². The van der Waals surface area contributed by atoms with Crippen LogP contribution in [-0.4, -0.2) is 5.11 Å². The Morgan fingerprint density at radius 2 is 1.71 bits per heavy atom. The van der Waals surface area contributed by atoms with Crippen molar-refractivity contribution >= 4 is 5.69 Å². The largest absolute Gasteiger partial charge is 0.392 e. The van der Waals surface area contributed by atoms with Crippen LogP contribution in [0.3, 0.4) is 0 Å². The van der Waals surface area contributed by atoms with Gasteiger partial charge in [0.1, 0.15) is 0 Å². The standard InChI is InChI=1S/C19H25NO/c1-19(2,3)13-18(16-9-5-4-6-10-16)20-17-11-7-8-15(12-17)14-21/h4-12,18,20-21H,13-14H2,1-3H3. The predicted octanol–water partition coefficient (Wildman–Crippen LogP) is 4.77. The lowest BCUT2D eigenvalue weighted by Gasteiger charge is -2.28. The molecule has 2 aromatic carbocycles. The van der Waals surface area contributed by atoms with Gasteiger partial charge in [0.05, 0.1) is 12.6 Å². The number of nitrogens with one attached hydrogen (secondary N) is 1. The topological polar surface area (TPSA) is 32.3 Å². The van der Waals surface area contributed by atoms with E-state index in [9.17, 15) is 5.11 Å². The zero-order valence-corrected chi connectivity index (χ0v) is 13.1. The fraction of sp³-hybridized carbons (Fsp3) is 0.368. The minimum Gasteiger partial charge on any atom is -0.392 e. The Kier molecular flexibility index (Phi) is 5.03. The molecule has 0 radical (unpaired) electrons. The summed E-state index contributed by atoms with van der Waals surface area (Å²) >= 11 is 0. The summed E-state index contributed by atoms with van der Waals surface area (Å²) in [6.45, 7) is 6.85. The molecule has 21 heavy (non-hydrogen) atoms. The van der Waals surface area contributed by atoms with Gasteiger partial charge in [0.15, 0.2) is 0 Å². The highest BCUT2D eigenvalue weighted by molar-refractivity contribution is 5.47. The fourth-order valence-corrected chi connectivity index (χ4v) is 2.51. The molecule has 0 aliphatic heterocycles. The van der Waals surface area contributed by atoms with Crippen LogP contribution in [0.1, 0.15) is 44.4 Å². The summed E-state index contributed by atoms with van der Waals surface area (Å²) in [5.74, 6) is 0. The second kappa shape index (κ2) is 6.77. The van der Waals surface area contributed by atoms with E-state index in [0.717, 1.165) is 17.7 Å². The molecule has 0 saturated carbocycles. The number of anilines is 1. The molecule has 2 N–H and O–H groups in total. The van der Waals surface area contributed by atoms with E-state index in [1.807, 2.05) is 24.3 Å². The molecule has 0 heterocycles. The average Bonchev–Trinajstić information content (AvgIpc) is 2.46. The van der Waals surface area contributed by atoms with Crippen LogP contribution in [0.25, 0.3) is 0 Å². The van der Waals surface area contributed by atoms with Crippen LogP contribution in [-0.2, 0) is 6.61 Å². The first-order valence-corrected chi connectivity index (χ1v) is 7.49. The third-order valence-corrected chi connectivity index (χ3v) is 3.47. The number of benzene rings is 2. The summed E-state index contributed by atoms with van der Waals surface area (Å²) in [6.07, 6.45) is 1.04. The number of hydrogen-bond donors (Lipinski definition) is 2. The summed E-state index contributed by atoms with van der Waals surface area (Å²) < 4.78 is 0. The van der Waals surface area contributed by atoms with Gasteiger partial charge >= 0.3 is 0 Å². The van der Waals surface area contributed by atoms with Gasteiger partial charge in [-0.2, -0.15) is 0 Å². The van der Waals surface area contributed by atoms with Gasteiger partial charge in [-0.15, -0.1) is 0 Å². The third-order valence-electron chi connectivity index (χ3n) is 3.47. The molecule has 0 aliphatic rings. The molecule has 0 aromatic heterocycles. The molecule has 2 aromatic rings. The molecule has 1 atom stereocenters. The molecule has 0 amide bonds. The van der Waals surface area contributed by atoms with Crippen molar-refractivity contribution in [1.29, 1.82) is 0 Å². The third kappa shape index (κ3) is 4.91. The van der Waals surface area contributed by atoms with Crippen LogP contribution >= 0.6 is 0 Å². The lowest BCUT2D eigenvalue weighted by Crippen LogP contribution is -2.18. The van der Waals surface area contributed by atoms with Gasteiger partial charge in [0.2, 0.25) is 0 Å². The maximum absolute atomic E-state index is 9.27. The van der Waals surface area contributed by atoms with Crippen molar-refractivity contribution in [3.63, 3.8) is 0 Å². The number of aliphatic hydroxyl groups excluding tert-OH is 1. The molecule has 2 nitrogen and oxygen atoms in total. The molecule has 1 unspecified atom stereocenters. The Bertz CT molecular complexity index is 557. The zero-order chi connectivity index (χ0) is 15.3. The molecular formula is C19H25NO. The van der Waals surface area contributed by atoms with Crippen LogP contribution in [0.4, 0.5) is 5.69 Å². The van der Waals surface area contributed by atoms with Gasteiger partial charge in [-0.25, -0.2) is 0 Å². The Morgan fingerprint density at radius 1 is 1.00 bits per heavy atom. The monoisotopic (exact) mass is 283 g/mol. The normalized spacial score (nSPS) is 13.0. The van der Waals surface area contributed by atoms with Crippen molar-refractivity contribution < 1.29 is 5.11 Å². The molecular weight excluding hydrogens is 258 g/mol. The SMILES string of the molecule is CC(C)(C)CC(Nc1cccc(CO)c1)c1ccccc1. The second-order valence-corrected chi connectivity index (χ2v) is 6.73. The van der Waals surface area contributed by atoms with Gasteiger partial charge in [0.25, 0.3) is 0 Å². The Hall–Kier alpha value is -1.80. The first-order valence-electron chi connectivity index (χ1n) is 7.49. The van der Waals surface area contributed by atoms with E-state index >= 15 is 0 Å². The molecule has 0 spiro atoms. The Balaban J connectivity index is 2.23.